The van der Waals surface area contributed by atoms with Crippen LogP contribution in [0.15, 0.2) is 35.4 Å². The lowest BCUT2D eigenvalue weighted by molar-refractivity contribution is -0.134. The molecule has 2 heterocycles. The maximum Gasteiger partial charge on any atom is 0.244 e. The Bertz CT molecular complexity index is 888. The fourth-order valence-electron chi connectivity index (χ4n) is 3.33. The second-order valence-corrected chi connectivity index (χ2v) is 9.84. The van der Waals surface area contributed by atoms with Gasteiger partial charge in [0.05, 0.1) is 6.26 Å². The fraction of sp³-hybridized carbons (Fsp3) is 0.500. The van der Waals surface area contributed by atoms with Crippen LogP contribution < -0.4 is 4.72 Å². The highest BCUT2D eigenvalue weighted by Crippen LogP contribution is 2.49. The van der Waals surface area contributed by atoms with Gasteiger partial charge in [0, 0.05) is 32.4 Å². The number of likely N-dealkylation sites (tertiary alicyclic amines) is 1. The Morgan fingerprint density at radius 2 is 2.04 bits per heavy atom. The third-order valence-electron chi connectivity index (χ3n) is 4.68. The zero-order chi connectivity index (χ0) is 20.4. The van der Waals surface area contributed by atoms with Crippen molar-refractivity contribution < 1.29 is 18.0 Å². The molecule has 1 saturated heterocycles. The van der Waals surface area contributed by atoms with Gasteiger partial charge in [0.2, 0.25) is 21.8 Å². The van der Waals surface area contributed by atoms with E-state index in [2.05, 4.69) is 9.82 Å². The molecule has 0 bridgehead atoms. The summed E-state index contributed by atoms with van der Waals surface area (Å²) in [6, 6.07) is 9.41. The Kier molecular flexibility index (Phi) is 6.11. The number of amidine groups is 1. The average Bonchev–Trinajstić information content (AvgIpc) is 3.25. The minimum absolute atomic E-state index is 0.00623. The first kappa shape index (κ1) is 20.8. The Balaban J connectivity index is 2.00. The zero-order valence-corrected chi connectivity index (χ0v) is 17.6. The Morgan fingerprint density at radius 3 is 2.61 bits per heavy atom. The summed E-state index contributed by atoms with van der Waals surface area (Å²) in [6.07, 6.45) is 2.89. The highest BCUT2D eigenvalue weighted by atomic mass is 32.2. The van der Waals surface area contributed by atoms with E-state index in [4.69, 9.17) is 0 Å². The topological polar surface area (TPSA) is 99.2 Å². The minimum atomic E-state index is -3.37. The smallest absolute Gasteiger partial charge is 0.244 e. The molecule has 0 aromatic heterocycles. The second-order valence-electron chi connectivity index (χ2n) is 6.76. The first-order valence-corrected chi connectivity index (χ1v) is 11.9. The lowest BCUT2D eigenvalue weighted by Gasteiger charge is -2.35. The van der Waals surface area contributed by atoms with Crippen molar-refractivity contribution in [2.24, 2.45) is 5.10 Å². The number of carbonyl (C=O) groups excluding carboxylic acids is 2. The number of hydrogen-bond acceptors (Lipinski definition) is 6. The van der Waals surface area contributed by atoms with Crippen molar-refractivity contribution in [1.29, 1.82) is 0 Å². The molecule has 1 fully saturated rings. The molecular weight excluding hydrogens is 400 g/mol. The summed E-state index contributed by atoms with van der Waals surface area (Å²) < 4.78 is 25.6. The van der Waals surface area contributed by atoms with Crippen molar-refractivity contribution >= 4 is 38.8 Å². The van der Waals surface area contributed by atoms with Crippen LogP contribution >= 0.6 is 11.8 Å². The van der Waals surface area contributed by atoms with E-state index in [0.29, 0.717) is 24.6 Å². The van der Waals surface area contributed by atoms with Gasteiger partial charge in [-0.25, -0.2) is 18.1 Å². The molecule has 28 heavy (non-hydrogen) atoms. The molecule has 1 aromatic carbocycles. The molecule has 2 aliphatic rings. The number of hydrazone groups is 1. The molecule has 0 spiro atoms. The molecule has 1 N–H and O–H groups in total. The van der Waals surface area contributed by atoms with Gasteiger partial charge in [-0.3, -0.25) is 14.5 Å². The quantitative estimate of drug-likeness (QED) is 0.749. The van der Waals surface area contributed by atoms with E-state index in [1.54, 1.807) is 11.8 Å². The summed E-state index contributed by atoms with van der Waals surface area (Å²) in [4.78, 5) is 25.7. The molecule has 1 aromatic rings. The van der Waals surface area contributed by atoms with Crippen molar-refractivity contribution in [1.82, 2.24) is 14.6 Å². The second kappa shape index (κ2) is 8.22. The third-order valence-corrected chi connectivity index (χ3v) is 6.85. The van der Waals surface area contributed by atoms with Crippen LogP contribution in [0.5, 0.6) is 0 Å². The van der Waals surface area contributed by atoms with Gasteiger partial charge in [-0.2, -0.15) is 0 Å². The molecule has 0 saturated carbocycles. The van der Waals surface area contributed by atoms with Gasteiger partial charge < -0.3 is 0 Å². The lowest BCUT2D eigenvalue weighted by Crippen LogP contribution is -2.43. The lowest BCUT2D eigenvalue weighted by atomic mass is 10.0. The summed E-state index contributed by atoms with van der Waals surface area (Å²) in [5, 5.41) is 6.45. The standard InChI is InChI=1S/C18H24N4O4S2/c1-3-15(23)22-18(11-12-19-28(2,25)26,14-8-5-4-6-9-14)27-17(20-22)21-13-7-10-16(21)24/h4-6,8-9,19H,3,7,10-13H2,1-2H3. The Morgan fingerprint density at radius 1 is 1.32 bits per heavy atom. The van der Waals surface area contributed by atoms with Gasteiger partial charge in [0.1, 0.15) is 4.87 Å². The monoisotopic (exact) mass is 424 g/mol. The fourth-order valence-corrected chi connectivity index (χ4v) is 5.22. The third kappa shape index (κ3) is 4.23. The predicted molar refractivity (Wildman–Crippen MR) is 109 cm³/mol. The molecule has 2 amide bonds. The van der Waals surface area contributed by atoms with Crippen molar-refractivity contribution in [2.45, 2.75) is 37.5 Å². The largest absolute Gasteiger partial charge is 0.290 e. The van der Waals surface area contributed by atoms with Gasteiger partial charge >= 0.3 is 0 Å². The van der Waals surface area contributed by atoms with Gasteiger partial charge in [-0.1, -0.05) is 49.0 Å². The van der Waals surface area contributed by atoms with Crippen LogP contribution in [0, 0.1) is 0 Å². The zero-order valence-electron chi connectivity index (χ0n) is 15.9. The summed E-state index contributed by atoms with van der Waals surface area (Å²) in [6.45, 7) is 2.47. The molecule has 1 atom stereocenters. The molecule has 3 rings (SSSR count). The van der Waals surface area contributed by atoms with E-state index in [1.807, 2.05) is 30.3 Å². The number of sulfonamides is 1. The van der Waals surface area contributed by atoms with Crippen LogP contribution in [0.1, 0.15) is 38.2 Å². The highest BCUT2D eigenvalue weighted by Gasteiger charge is 2.50. The van der Waals surface area contributed by atoms with Crippen molar-refractivity contribution in [3.8, 4) is 0 Å². The van der Waals surface area contributed by atoms with Gasteiger partial charge in [-0.05, 0) is 12.0 Å². The number of rotatable bonds is 6. The SMILES string of the molecule is CCC(=O)N1N=C(N2CCCC2=O)SC1(CCNS(C)(=O)=O)c1ccccc1. The molecule has 8 nitrogen and oxygen atoms in total. The van der Waals surface area contributed by atoms with E-state index in [0.717, 1.165) is 18.2 Å². The Hall–Kier alpha value is -1.91. The number of nitrogens with one attached hydrogen (secondary N) is 1. The van der Waals surface area contributed by atoms with E-state index in [1.165, 1.54) is 16.8 Å². The number of amides is 2. The minimum Gasteiger partial charge on any atom is -0.290 e. The number of nitrogens with zero attached hydrogens (tertiary/aromatic N) is 3. The molecule has 2 aliphatic heterocycles. The van der Waals surface area contributed by atoms with Gasteiger partial charge in [-0.15, -0.1) is 5.10 Å². The molecule has 0 radical (unpaired) electrons. The summed E-state index contributed by atoms with van der Waals surface area (Å²) in [5.41, 5.74) is 0.836. The molecular formula is C18H24N4O4S2. The van der Waals surface area contributed by atoms with Crippen LogP contribution in [-0.2, 0) is 24.5 Å². The molecule has 152 valence electrons. The molecule has 1 unspecified atom stereocenters. The highest BCUT2D eigenvalue weighted by molar-refractivity contribution is 8.14. The summed E-state index contributed by atoms with van der Waals surface area (Å²) in [7, 11) is -3.37. The van der Waals surface area contributed by atoms with Crippen LogP contribution in [0.3, 0.4) is 0 Å². The van der Waals surface area contributed by atoms with Crippen LogP contribution in [0.25, 0.3) is 0 Å². The normalized spacial score (nSPS) is 22.6. The number of benzene rings is 1. The maximum absolute atomic E-state index is 12.8. The van der Waals surface area contributed by atoms with Crippen molar-refractivity contribution in [2.75, 3.05) is 19.3 Å². The predicted octanol–water partition coefficient (Wildman–Crippen LogP) is 1.66. The van der Waals surface area contributed by atoms with Crippen LogP contribution in [-0.4, -0.2) is 54.7 Å². The van der Waals surface area contributed by atoms with E-state index < -0.39 is 14.9 Å². The summed E-state index contributed by atoms with van der Waals surface area (Å²) >= 11 is 1.34. The number of thioether (sulfide) groups is 1. The first-order chi connectivity index (χ1) is 13.3. The van der Waals surface area contributed by atoms with Crippen LogP contribution in [0.4, 0.5) is 0 Å². The maximum atomic E-state index is 12.8. The van der Waals surface area contributed by atoms with E-state index >= 15 is 0 Å². The van der Waals surface area contributed by atoms with Gasteiger partial charge in [0.25, 0.3) is 0 Å². The summed E-state index contributed by atoms with van der Waals surface area (Å²) in [5.74, 6) is -0.189. The van der Waals surface area contributed by atoms with E-state index in [-0.39, 0.29) is 24.8 Å². The van der Waals surface area contributed by atoms with Crippen molar-refractivity contribution in [3.05, 3.63) is 35.9 Å². The average molecular weight is 425 g/mol. The first-order valence-electron chi connectivity index (χ1n) is 9.18. The Labute approximate surface area is 169 Å². The molecule has 0 aliphatic carbocycles. The number of hydrogen-bond donors (Lipinski definition) is 1. The molecule has 10 heteroatoms. The van der Waals surface area contributed by atoms with Gasteiger partial charge in [0.15, 0.2) is 5.17 Å². The number of carbonyl (C=O) groups is 2. The van der Waals surface area contributed by atoms with Crippen molar-refractivity contribution in [3.63, 3.8) is 0 Å². The van der Waals surface area contributed by atoms with E-state index in [9.17, 15) is 18.0 Å². The van der Waals surface area contributed by atoms with Crippen LogP contribution in [0.2, 0.25) is 0 Å².